The Bertz CT molecular complexity index is 1150. The molecule has 0 saturated carbocycles. The lowest BCUT2D eigenvalue weighted by Crippen LogP contribution is -2.51. The van der Waals surface area contributed by atoms with Gasteiger partial charge in [-0.1, -0.05) is 50.6 Å². The van der Waals surface area contributed by atoms with E-state index in [4.69, 9.17) is 5.73 Å². The third kappa shape index (κ3) is 4.70. The van der Waals surface area contributed by atoms with E-state index in [2.05, 4.69) is 10.1 Å². The standard InChI is InChI=1S/C24H28F2N4O2/c1-14-7-6-8-15(11-14)13-30-21(19(23(2,3)4)24(5,32)22(27)31)28-20(29-30)17-12-16(25)9-10-18(17)26/h6-12,19,32H,13H2,1-5H3,(H2,27,31)/t19-,24?/m0/s1. The third-order valence-electron chi connectivity index (χ3n) is 5.47. The topological polar surface area (TPSA) is 94.0 Å². The summed E-state index contributed by atoms with van der Waals surface area (Å²) in [6.07, 6.45) is 0. The Morgan fingerprint density at radius 3 is 2.44 bits per heavy atom. The number of carbonyl (C=O) groups excluding carboxylic acids is 1. The van der Waals surface area contributed by atoms with Gasteiger partial charge in [0.1, 0.15) is 23.1 Å². The fourth-order valence-electron chi connectivity index (χ4n) is 4.07. The van der Waals surface area contributed by atoms with Gasteiger partial charge in [0, 0.05) is 0 Å². The van der Waals surface area contributed by atoms with E-state index in [1.807, 2.05) is 52.0 Å². The lowest BCUT2D eigenvalue weighted by Gasteiger charge is -2.38. The van der Waals surface area contributed by atoms with E-state index in [-0.39, 0.29) is 23.8 Å². The Labute approximate surface area is 186 Å². The Kier molecular flexibility index (Phi) is 6.20. The summed E-state index contributed by atoms with van der Waals surface area (Å²) in [6, 6.07) is 10.8. The molecule has 2 aromatic carbocycles. The summed E-state index contributed by atoms with van der Waals surface area (Å²) in [6.45, 7) is 9.05. The van der Waals surface area contributed by atoms with Crippen molar-refractivity contribution in [3.63, 3.8) is 0 Å². The van der Waals surface area contributed by atoms with Crippen molar-refractivity contribution in [1.82, 2.24) is 14.8 Å². The minimum atomic E-state index is -1.96. The molecule has 0 aliphatic carbocycles. The minimum Gasteiger partial charge on any atom is -0.380 e. The molecule has 0 saturated heterocycles. The third-order valence-corrected chi connectivity index (χ3v) is 5.47. The molecule has 1 unspecified atom stereocenters. The summed E-state index contributed by atoms with van der Waals surface area (Å²) in [5.74, 6) is -2.90. The molecule has 6 nitrogen and oxygen atoms in total. The predicted molar refractivity (Wildman–Crippen MR) is 118 cm³/mol. The normalized spacial score (nSPS) is 14.8. The molecule has 1 heterocycles. The number of benzene rings is 2. The van der Waals surface area contributed by atoms with Crippen LogP contribution in [0.5, 0.6) is 0 Å². The number of hydrogen-bond donors (Lipinski definition) is 2. The average molecular weight is 443 g/mol. The van der Waals surface area contributed by atoms with Crippen LogP contribution in [0.1, 0.15) is 50.6 Å². The molecule has 0 radical (unpaired) electrons. The van der Waals surface area contributed by atoms with Crippen LogP contribution in [-0.2, 0) is 11.3 Å². The molecule has 1 aromatic heterocycles. The van der Waals surface area contributed by atoms with Crippen molar-refractivity contribution in [3.05, 3.63) is 71.1 Å². The number of nitrogens with zero attached hydrogens (tertiary/aromatic N) is 3. The Morgan fingerprint density at radius 2 is 1.84 bits per heavy atom. The molecule has 0 bridgehead atoms. The lowest BCUT2D eigenvalue weighted by atomic mass is 9.70. The van der Waals surface area contributed by atoms with Crippen molar-refractivity contribution in [2.24, 2.45) is 11.1 Å². The maximum absolute atomic E-state index is 14.5. The van der Waals surface area contributed by atoms with Crippen LogP contribution >= 0.6 is 0 Å². The van der Waals surface area contributed by atoms with Crippen LogP contribution in [0.15, 0.2) is 42.5 Å². The Balaban J connectivity index is 2.25. The van der Waals surface area contributed by atoms with Gasteiger partial charge in [0.05, 0.1) is 18.0 Å². The van der Waals surface area contributed by atoms with Gasteiger partial charge in [-0.15, -0.1) is 0 Å². The van der Waals surface area contributed by atoms with E-state index in [1.54, 1.807) is 0 Å². The molecule has 0 aliphatic rings. The van der Waals surface area contributed by atoms with E-state index < -0.39 is 34.5 Å². The largest absolute Gasteiger partial charge is 0.380 e. The molecule has 3 N–H and O–H groups in total. The van der Waals surface area contributed by atoms with Crippen LogP contribution in [0.25, 0.3) is 11.4 Å². The van der Waals surface area contributed by atoms with E-state index in [1.165, 1.54) is 11.6 Å². The summed E-state index contributed by atoms with van der Waals surface area (Å²) in [4.78, 5) is 16.7. The molecule has 3 aromatic rings. The van der Waals surface area contributed by atoms with Crippen molar-refractivity contribution >= 4 is 5.91 Å². The van der Waals surface area contributed by atoms with Gasteiger partial charge in [-0.05, 0) is 43.0 Å². The second-order valence-corrected chi connectivity index (χ2v) is 9.38. The maximum atomic E-state index is 14.5. The molecule has 0 fully saturated rings. The van der Waals surface area contributed by atoms with Gasteiger partial charge in [-0.2, -0.15) is 5.10 Å². The molecule has 1 amide bonds. The number of aryl methyl sites for hydroxylation is 1. The number of amides is 1. The van der Waals surface area contributed by atoms with Crippen molar-refractivity contribution in [2.45, 2.75) is 52.7 Å². The number of rotatable bonds is 6. The first-order valence-electron chi connectivity index (χ1n) is 10.3. The van der Waals surface area contributed by atoms with Gasteiger partial charge in [-0.3, -0.25) is 4.79 Å². The smallest absolute Gasteiger partial charge is 0.249 e. The first-order chi connectivity index (χ1) is 14.8. The highest BCUT2D eigenvalue weighted by Gasteiger charge is 2.48. The van der Waals surface area contributed by atoms with Crippen molar-refractivity contribution < 1.29 is 18.7 Å². The quantitative estimate of drug-likeness (QED) is 0.605. The zero-order valence-electron chi connectivity index (χ0n) is 18.9. The van der Waals surface area contributed by atoms with Crippen LogP contribution < -0.4 is 5.73 Å². The summed E-state index contributed by atoms with van der Waals surface area (Å²) in [5, 5.41) is 15.5. The van der Waals surface area contributed by atoms with Crippen molar-refractivity contribution in [2.75, 3.05) is 0 Å². The highest BCUT2D eigenvalue weighted by Crippen LogP contribution is 2.43. The number of nitrogens with two attached hydrogens (primary N) is 1. The van der Waals surface area contributed by atoms with Gasteiger partial charge >= 0.3 is 0 Å². The fraction of sp³-hybridized carbons (Fsp3) is 0.375. The van der Waals surface area contributed by atoms with Gasteiger partial charge in [0.25, 0.3) is 0 Å². The molecular formula is C24H28F2N4O2. The predicted octanol–water partition coefficient (Wildman–Crippen LogP) is 3.95. The monoisotopic (exact) mass is 442 g/mol. The minimum absolute atomic E-state index is 0.0424. The summed E-state index contributed by atoms with van der Waals surface area (Å²) in [5.41, 5.74) is 4.72. The number of carbonyl (C=O) groups is 1. The van der Waals surface area contributed by atoms with Crippen LogP contribution in [0, 0.1) is 24.0 Å². The van der Waals surface area contributed by atoms with Gasteiger partial charge in [0.2, 0.25) is 5.91 Å². The highest BCUT2D eigenvalue weighted by atomic mass is 19.1. The Hall–Kier alpha value is -3.13. The van der Waals surface area contributed by atoms with E-state index in [0.29, 0.717) is 0 Å². The maximum Gasteiger partial charge on any atom is 0.249 e. The average Bonchev–Trinajstić information content (AvgIpc) is 3.05. The van der Waals surface area contributed by atoms with Gasteiger partial charge in [-0.25, -0.2) is 18.4 Å². The molecule has 2 atom stereocenters. The summed E-state index contributed by atoms with van der Waals surface area (Å²) in [7, 11) is 0. The SMILES string of the molecule is Cc1cccc(Cn2nc(-c3cc(F)ccc3F)nc2[C@@H](C(C)(C)C)C(C)(O)C(N)=O)c1. The Morgan fingerprint density at radius 1 is 1.16 bits per heavy atom. The first-order valence-corrected chi connectivity index (χ1v) is 10.3. The highest BCUT2D eigenvalue weighted by molar-refractivity contribution is 5.84. The first kappa shape index (κ1) is 23.5. The molecule has 0 spiro atoms. The van der Waals surface area contributed by atoms with E-state index in [9.17, 15) is 18.7 Å². The number of aliphatic hydroxyl groups is 1. The molecule has 0 aliphatic heterocycles. The number of halogens is 2. The van der Waals surface area contributed by atoms with Crippen LogP contribution in [-0.4, -0.2) is 31.4 Å². The second-order valence-electron chi connectivity index (χ2n) is 9.38. The molecule has 8 heteroatoms. The molecule has 170 valence electrons. The fourth-order valence-corrected chi connectivity index (χ4v) is 4.07. The van der Waals surface area contributed by atoms with Crippen LogP contribution in [0.4, 0.5) is 8.78 Å². The molecule has 3 rings (SSSR count). The lowest BCUT2D eigenvalue weighted by molar-refractivity contribution is -0.140. The van der Waals surface area contributed by atoms with Crippen LogP contribution in [0.3, 0.4) is 0 Å². The zero-order valence-corrected chi connectivity index (χ0v) is 18.9. The molecule has 32 heavy (non-hydrogen) atoms. The summed E-state index contributed by atoms with van der Waals surface area (Å²) < 4.78 is 29.9. The molecular weight excluding hydrogens is 414 g/mol. The second kappa shape index (κ2) is 8.43. The van der Waals surface area contributed by atoms with Crippen LogP contribution in [0.2, 0.25) is 0 Å². The zero-order chi connectivity index (χ0) is 23.8. The van der Waals surface area contributed by atoms with E-state index >= 15 is 0 Å². The van der Waals surface area contributed by atoms with Crippen molar-refractivity contribution in [1.29, 1.82) is 0 Å². The van der Waals surface area contributed by atoms with Crippen molar-refractivity contribution in [3.8, 4) is 11.4 Å². The van der Waals surface area contributed by atoms with Gasteiger partial charge in [0.15, 0.2) is 5.82 Å². The summed E-state index contributed by atoms with van der Waals surface area (Å²) >= 11 is 0. The number of hydrogen-bond acceptors (Lipinski definition) is 4. The van der Waals surface area contributed by atoms with E-state index in [0.717, 1.165) is 29.3 Å². The number of aromatic nitrogens is 3. The number of primary amides is 1. The van der Waals surface area contributed by atoms with Gasteiger partial charge < -0.3 is 10.8 Å².